The summed E-state index contributed by atoms with van der Waals surface area (Å²) in [5.74, 6) is -0.241. The van der Waals surface area contributed by atoms with Crippen LogP contribution in [0.5, 0.6) is 0 Å². The molecule has 1 fully saturated rings. The predicted molar refractivity (Wildman–Crippen MR) is 81.1 cm³/mol. The molecule has 1 heterocycles. The summed E-state index contributed by atoms with van der Waals surface area (Å²) in [5.41, 5.74) is 11.2. The number of rotatable bonds is 4. The molecule has 1 atom stereocenters. The summed E-state index contributed by atoms with van der Waals surface area (Å²) in [6.07, 6.45) is 2.87. The second-order valence-corrected chi connectivity index (χ2v) is 7.30. The predicted octanol–water partition coefficient (Wildman–Crippen LogP) is 1.18. The average molecular weight is 311 g/mol. The first-order valence-corrected chi connectivity index (χ1v) is 8.49. The minimum atomic E-state index is -3.62. The van der Waals surface area contributed by atoms with Crippen molar-refractivity contribution in [3.05, 3.63) is 23.8 Å². The van der Waals surface area contributed by atoms with Gasteiger partial charge in [0, 0.05) is 18.7 Å². The molecule has 116 valence electrons. The van der Waals surface area contributed by atoms with Crippen molar-refractivity contribution in [3.8, 4) is 0 Å². The van der Waals surface area contributed by atoms with E-state index in [1.165, 1.54) is 22.5 Å². The van der Waals surface area contributed by atoms with Gasteiger partial charge < -0.3 is 11.5 Å². The second-order valence-electron chi connectivity index (χ2n) is 5.40. The molecule has 0 aliphatic carbocycles. The molecule has 0 aromatic heterocycles. The van der Waals surface area contributed by atoms with E-state index in [9.17, 15) is 13.2 Å². The lowest BCUT2D eigenvalue weighted by atomic mass is 9.97. The number of amides is 1. The van der Waals surface area contributed by atoms with E-state index >= 15 is 0 Å². The van der Waals surface area contributed by atoms with Gasteiger partial charge in [-0.1, -0.05) is 13.3 Å². The molecule has 1 aliphatic rings. The minimum Gasteiger partial charge on any atom is -0.398 e. The van der Waals surface area contributed by atoms with E-state index in [4.69, 9.17) is 11.5 Å². The van der Waals surface area contributed by atoms with Gasteiger partial charge in [0.2, 0.25) is 15.9 Å². The molecule has 0 bridgehead atoms. The number of carbonyl (C=O) groups excluding carboxylic acids is 1. The van der Waals surface area contributed by atoms with Gasteiger partial charge in [-0.25, -0.2) is 8.42 Å². The van der Waals surface area contributed by atoms with Gasteiger partial charge in [-0.2, -0.15) is 4.31 Å². The van der Waals surface area contributed by atoms with Crippen molar-refractivity contribution in [2.24, 2.45) is 11.7 Å². The van der Waals surface area contributed by atoms with Crippen molar-refractivity contribution in [3.63, 3.8) is 0 Å². The number of hydrogen-bond acceptors (Lipinski definition) is 4. The Labute approximate surface area is 125 Å². The summed E-state index contributed by atoms with van der Waals surface area (Å²) in [5, 5.41) is 0. The highest BCUT2D eigenvalue weighted by Gasteiger charge is 2.31. The van der Waals surface area contributed by atoms with Crippen LogP contribution in [0.25, 0.3) is 0 Å². The van der Waals surface area contributed by atoms with Crippen molar-refractivity contribution in [1.29, 1.82) is 0 Å². The lowest BCUT2D eigenvalue weighted by Gasteiger charge is -2.31. The van der Waals surface area contributed by atoms with Crippen LogP contribution in [-0.4, -0.2) is 31.7 Å². The maximum absolute atomic E-state index is 12.7. The van der Waals surface area contributed by atoms with Crippen LogP contribution in [0.2, 0.25) is 0 Å². The maximum atomic E-state index is 12.7. The third-order valence-electron chi connectivity index (χ3n) is 3.97. The van der Waals surface area contributed by atoms with Crippen LogP contribution in [0.1, 0.15) is 36.5 Å². The number of anilines is 1. The van der Waals surface area contributed by atoms with Crippen molar-refractivity contribution < 1.29 is 13.2 Å². The number of benzene rings is 1. The van der Waals surface area contributed by atoms with Crippen LogP contribution in [0.3, 0.4) is 0 Å². The molecule has 2 rings (SSSR count). The quantitative estimate of drug-likeness (QED) is 0.814. The first kappa shape index (κ1) is 15.8. The molecule has 1 amide bonds. The van der Waals surface area contributed by atoms with Crippen LogP contribution in [0, 0.1) is 5.92 Å². The number of piperidine rings is 1. The first-order valence-electron chi connectivity index (χ1n) is 7.05. The van der Waals surface area contributed by atoms with Gasteiger partial charge in [-0.15, -0.1) is 0 Å². The van der Waals surface area contributed by atoms with Crippen molar-refractivity contribution in [2.75, 3.05) is 18.8 Å². The van der Waals surface area contributed by atoms with Crippen LogP contribution < -0.4 is 11.5 Å². The zero-order valence-electron chi connectivity index (χ0n) is 12.1. The van der Waals surface area contributed by atoms with Crippen molar-refractivity contribution in [2.45, 2.75) is 31.1 Å². The number of nitrogens with zero attached hydrogens (tertiary/aromatic N) is 1. The lowest BCUT2D eigenvalue weighted by molar-refractivity contribution is 0.1000. The molecular formula is C14H21N3O3S. The van der Waals surface area contributed by atoms with Crippen molar-refractivity contribution >= 4 is 21.6 Å². The van der Waals surface area contributed by atoms with Gasteiger partial charge in [-0.3, -0.25) is 4.79 Å². The number of primary amides is 1. The van der Waals surface area contributed by atoms with Crippen LogP contribution in [-0.2, 0) is 10.0 Å². The highest BCUT2D eigenvalue weighted by atomic mass is 32.2. The summed E-state index contributed by atoms with van der Waals surface area (Å²) in [6, 6.07) is 4.07. The summed E-state index contributed by atoms with van der Waals surface area (Å²) < 4.78 is 26.8. The number of sulfonamides is 1. The Kier molecular flexibility index (Phi) is 4.53. The molecule has 1 saturated heterocycles. The second kappa shape index (κ2) is 6.03. The van der Waals surface area contributed by atoms with Gasteiger partial charge >= 0.3 is 0 Å². The molecule has 0 radical (unpaired) electrons. The van der Waals surface area contributed by atoms with E-state index in [0.717, 1.165) is 19.3 Å². The Morgan fingerprint density at radius 1 is 1.43 bits per heavy atom. The van der Waals surface area contributed by atoms with E-state index in [2.05, 4.69) is 6.92 Å². The topological polar surface area (TPSA) is 106 Å². The van der Waals surface area contributed by atoms with Gasteiger partial charge in [0.05, 0.1) is 5.69 Å². The molecule has 1 unspecified atom stereocenters. The highest BCUT2D eigenvalue weighted by molar-refractivity contribution is 7.89. The Morgan fingerprint density at radius 2 is 2.14 bits per heavy atom. The summed E-state index contributed by atoms with van der Waals surface area (Å²) >= 11 is 0. The SMILES string of the molecule is CCC1CCCN(S(=O)(=O)c2ccc(C(N)=O)cc2N)C1. The molecule has 1 aliphatic heterocycles. The number of carbonyl (C=O) groups is 1. The van der Waals surface area contributed by atoms with E-state index in [1.54, 1.807) is 0 Å². The first-order chi connectivity index (χ1) is 9.86. The van der Waals surface area contributed by atoms with Crippen LogP contribution in [0.15, 0.2) is 23.1 Å². The number of nitrogen functional groups attached to an aromatic ring is 1. The molecule has 0 saturated carbocycles. The highest BCUT2D eigenvalue weighted by Crippen LogP contribution is 2.28. The zero-order chi connectivity index (χ0) is 15.6. The molecule has 6 nitrogen and oxygen atoms in total. The van der Waals surface area contributed by atoms with E-state index in [-0.39, 0.29) is 16.1 Å². The fraction of sp³-hybridized carbons (Fsp3) is 0.500. The molecule has 1 aromatic carbocycles. The number of nitrogens with two attached hydrogens (primary N) is 2. The van der Waals surface area contributed by atoms with E-state index in [0.29, 0.717) is 19.0 Å². The standard InChI is InChI=1S/C14H21N3O3S/c1-2-10-4-3-7-17(9-10)21(19,20)13-6-5-11(14(16)18)8-12(13)15/h5-6,8,10H,2-4,7,9,15H2,1H3,(H2,16,18). The normalized spacial score (nSPS) is 20.3. The number of hydrogen-bond donors (Lipinski definition) is 2. The average Bonchev–Trinajstić information content (AvgIpc) is 2.46. The Morgan fingerprint density at radius 3 is 2.71 bits per heavy atom. The third-order valence-corrected chi connectivity index (χ3v) is 5.91. The smallest absolute Gasteiger partial charge is 0.248 e. The Balaban J connectivity index is 2.33. The van der Waals surface area contributed by atoms with Crippen LogP contribution >= 0.6 is 0 Å². The van der Waals surface area contributed by atoms with E-state index in [1.807, 2.05) is 0 Å². The van der Waals surface area contributed by atoms with Gasteiger partial charge in [-0.05, 0) is 37.0 Å². The molecule has 21 heavy (non-hydrogen) atoms. The molecule has 7 heteroatoms. The maximum Gasteiger partial charge on any atom is 0.248 e. The van der Waals surface area contributed by atoms with Gasteiger partial charge in [0.15, 0.2) is 0 Å². The Bertz CT molecular complexity index is 643. The van der Waals surface area contributed by atoms with Gasteiger partial charge in [0.25, 0.3) is 0 Å². The molecule has 4 N–H and O–H groups in total. The molecular weight excluding hydrogens is 290 g/mol. The third kappa shape index (κ3) is 3.19. The lowest BCUT2D eigenvalue weighted by Crippen LogP contribution is -2.40. The zero-order valence-corrected chi connectivity index (χ0v) is 12.9. The summed E-state index contributed by atoms with van der Waals surface area (Å²) in [4.78, 5) is 11.2. The monoisotopic (exact) mass is 311 g/mol. The largest absolute Gasteiger partial charge is 0.398 e. The van der Waals surface area contributed by atoms with Crippen molar-refractivity contribution in [1.82, 2.24) is 4.31 Å². The summed E-state index contributed by atoms with van der Waals surface area (Å²) in [7, 11) is -3.62. The van der Waals surface area contributed by atoms with E-state index < -0.39 is 15.9 Å². The molecule has 0 spiro atoms. The minimum absolute atomic E-state index is 0.0456. The molecule has 1 aromatic rings. The fourth-order valence-corrected chi connectivity index (χ4v) is 4.31. The van der Waals surface area contributed by atoms with Gasteiger partial charge in [0.1, 0.15) is 4.90 Å². The van der Waals surface area contributed by atoms with Crippen LogP contribution in [0.4, 0.5) is 5.69 Å². The Hall–Kier alpha value is -1.60. The summed E-state index contributed by atoms with van der Waals surface area (Å²) in [6.45, 7) is 3.10. The fourth-order valence-electron chi connectivity index (χ4n) is 2.65.